The van der Waals surface area contributed by atoms with Crippen molar-refractivity contribution in [2.24, 2.45) is 5.92 Å². The number of nitrogens with zero attached hydrogens (tertiary/aromatic N) is 1. The minimum atomic E-state index is -0.0673. The van der Waals surface area contributed by atoms with Gasteiger partial charge in [-0.25, -0.2) is 4.98 Å². The maximum Gasteiger partial charge on any atom is 0.241 e. The fourth-order valence-corrected chi connectivity index (χ4v) is 3.95. The number of fused-ring (bicyclic) bond motifs is 2. The van der Waals surface area contributed by atoms with E-state index in [0.717, 1.165) is 35.5 Å². The number of carbonyl (C=O) groups is 1. The molecule has 0 radical (unpaired) electrons. The van der Waals surface area contributed by atoms with Gasteiger partial charge in [-0.2, -0.15) is 0 Å². The van der Waals surface area contributed by atoms with Crippen LogP contribution in [0.1, 0.15) is 44.9 Å². The smallest absolute Gasteiger partial charge is 0.241 e. The highest BCUT2D eigenvalue weighted by atomic mass is 35.5. The van der Waals surface area contributed by atoms with Crippen molar-refractivity contribution in [2.75, 3.05) is 5.32 Å². The van der Waals surface area contributed by atoms with E-state index in [1.165, 1.54) is 25.7 Å². The van der Waals surface area contributed by atoms with Gasteiger partial charge in [0, 0.05) is 18.2 Å². The summed E-state index contributed by atoms with van der Waals surface area (Å²) in [6.07, 6.45) is 6.78. The fraction of sp³-hybridized carbons (Fsp3) is 0.556. The summed E-state index contributed by atoms with van der Waals surface area (Å²) in [6, 6.07) is 6.11. The number of aromatic nitrogens is 1. The summed E-state index contributed by atoms with van der Waals surface area (Å²) in [5.41, 5.74) is 2.35. The molecule has 2 N–H and O–H groups in total. The first-order chi connectivity index (χ1) is 11.2. The monoisotopic (exact) mass is 349 g/mol. The number of amides is 1. The van der Waals surface area contributed by atoms with Crippen molar-refractivity contribution in [3.8, 4) is 0 Å². The molecule has 6 heteroatoms. The first-order valence-corrected chi connectivity index (χ1v) is 8.69. The lowest BCUT2D eigenvalue weighted by atomic mass is 9.85. The van der Waals surface area contributed by atoms with Crippen LogP contribution in [-0.4, -0.2) is 23.0 Å². The molecule has 1 saturated carbocycles. The van der Waals surface area contributed by atoms with Crippen LogP contribution in [0.4, 0.5) is 5.69 Å². The topological polar surface area (TPSA) is 67.2 Å². The van der Waals surface area contributed by atoms with E-state index in [1.54, 1.807) is 0 Å². The maximum atomic E-state index is 12.5. The second-order valence-corrected chi connectivity index (χ2v) is 6.74. The zero-order chi connectivity index (χ0) is 15.8. The summed E-state index contributed by atoms with van der Waals surface area (Å²) < 4.78 is 5.60. The summed E-state index contributed by atoms with van der Waals surface area (Å²) in [6.45, 7) is 2.01. The van der Waals surface area contributed by atoms with Gasteiger partial charge < -0.3 is 15.1 Å². The van der Waals surface area contributed by atoms with Crippen LogP contribution < -0.4 is 10.6 Å². The van der Waals surface area contributed by atoms with E-state index in [9.17, 15) is 4.79 Å². The third kappa shape index (κ3) is 3.28. The molecule has 24 heavy (non-hydrogen) atoms. The first kappa shape index (κ1) is 17.2. The van der Waals surface area contributed by atoms with Gasteiger partial charge in [-0.05, 0) is 43.4 Å². The first-order valence-electron chi connectivity index (χ1n) is 8.69. The van der Waals surface area contributed by atoms with Gasteiger partial charge in [0.1, 0.15) is 5.52 Å². The number of hydrogen-bond acceptors (Lipinski definition) is 4. The summed E-state index contributed by atoms with van der Waals surface area (Å²) in [5.74, 6) is 1.47. The molecule has 2 fully saturated rings. The number of rotatable bonds is 3. The molecule has 0 bridgehead atoms. The van der Waals surface area contributed by atoms with Crippen molar-refractivity contribution >= 4 is 35.1 Å². The van der Waals surface area contributed by atoms with E-state index in [2.05, 4.69) is 15.6 Å². The fourth-order valence-electron chi connectivity index (χ4n) is 3.95. The minimum Gasteiger partial charge on any atom is -0.441 e. The highest BCUT2D eigenvalue weighted by Gasteiger charge is 2.38. The number of nitrogens with one attached hydrogen (secondary N) is 2. The molecule has 0 spiro atoms. The highest BCUT2D eigenvalue weighted by molar-refractivity contribution is 5.96. The molecule has 1 aromatic carbocycles. The van der Waals surface area contributed by atoms with Crippen molar-refractivity contribution in [3.63, 3.8) is 0 Å². The molecular weight excluding hydrogens is 326 g/mol. The average molecular weight is 350 g/mol. The van der Waals surface area contributed by atoms with Crippen LogP contribution in [-0.2, 0) is 11.2 Å². The zero-order valence-electron chi connectivity index (χ0n) is 13.9. The summed E-state index contributed by atoms with van der Waals surface area (Å²) in [5, 5.41) is 6.55. The lowest BCUT2D eigenvalue weighted by molar-refractivity contribution is -0.117. The molecule has 130 valence electrons. The van der Waals surface area contributed by atoms with Crippen LogP contribution in [0, 0.1) is 5.92 Å². The van der Waals surface area contributed by atoms with Gasteiger partial charge in [-0.1, -0.05) is 19.8 Å². The Morgan fingerprint density at radius 2 is 2.21 bits per heavy atom. The second-order valence-electron chi connectivity index (χ2n) is 6.74. The zero-order valence-corrected chi connectivity index (χ0v) is 14.7. The third-order valence-corrected chi connectivity index (χ3v) is 5.18. The maximum absolute atomic E-state index is 12.5. The molecule has 1 aliphatic heterocycles. The van der Waals surface area contributed by atoms with E-state index in [0.29, 0.717) is 12.0 Å². The molecule has 1 aromatic heterocycles. The minimum absolute atomic E-state index is 0. The summed E-state index contributed by atoms with van der Waals surface area (Å²) in [7, 11) is 0. The van der Waals surface area contributed by atoms with Gasteiger partial charge in [0.2, 0.25) is 5.91 Å². The number of aryl methyl sites for hydroxylation is 1. The van der Waals surface area contributed by atoms with Gasteiger partial charge in [0.15, 0.2) is 11.5 Å². The lowest BCUT2D eigenvalue weighted by Crippen LogP contribution is -2.39. The van der Waals surface area contributed by atoms with Gasteiger partial charge >= 0.3 is 0 Å². The van der Waals surface area contributed by atoms with Crippen LogP contribution in [0.15, 0.2) is 22.6 Å². The summed E-state index contributed by atoms with van der Waals surface area (Å²) >= 11 is 0. The van der Waals surface area contributed by atoms with E-state index in [4.69, 9.17) is 4.42 Å². The van der Waals surface area contributed by atoms with Crippen molar-refractivity contribution in [1.29, 1.82) is 0 Å². The van der Waals surface area contributed by atoms with Gasteiger partial charge in [0.05, 0.1) is 6.04 Å². The normalized spacial score (nSPS) is 26.0. The number of oxazole rings is 1. The largest absolute Gasteiger partial charge is 0.441 e. The van der Waals surface area contributed by atoms with Crippen molar-refractivity contribution < 1.29 is 9.21 Å². The van der Waals surface area contributed by atoms with Crippen LogP contribution in [0.5, 0.6) is 0 Å². The number of hydrogen-bond donors (Lipinski definition) is 2. The van der Waals surface area contributed by atoms with Crippen LogP contribution in [0.25, 0.3) is 11.1 Å². The number of carbonyl (C=O) groups excluding carboxylic acids is 1. The Balaban J connectivity index is 0.00000169. The SMILES string of the molecule is CCc1nc2cc(NC(=O)C3CC4CCCCC4N3)ccc2o1.Cl. The Bertz CT molecular complexity index is 716. The predicted octanol–water partition coefficient (Wildman–Crippen LogP) is 3.67. The quantitative estimate of drug-likeness (QED) is 0.887. The average Bonchev–Trinajstić information content (AvgIpc) is 3.17. The van der Waals surface area contributed by atoms with Gasteiger partial charge in [-0.15, -0.1) is 12.4 Å². The van der Waals surface area contributed by atoms with E-state index in [-0.39, 0.29) is 24.4 Å². The number of anilines is 1. The third-order valence-electron chi connectivity index (χ3n) is 5.18. The number of benzene rings is 1. The van der Waals surface area contributed by atoms with E-state index < -0.39 is 0 Å². The Morgan fingerprint density at radius 1 is 1.38 bits per heavy atom. The Labute approximate surface area is 148 Å². The molecule has 2 aromatic rings. The molecule has 4 rings (SSSR count). The molecule has 1 saturated heterocycles. The molecule has 3 unspecified atom stereocenters. The van der Waals surface area contributed by atoms with Crippen LogP contribution in [0.2, 0.25) is 0 Å². The van der Waals surface area contributed by atoms with Crippen molar-refractivity contribution in [2.45, 2.75) is 57.5 Å². The van der Waals surface area contributed by atoms with E-state index >= 15 is 0 Å². The molecule has 5 nitrogen and oxygen atoms in total. The Morgan fingerprint density at radius 3 is 3.00 bits per heavy atom. The van der Waals surface area contributed by atoms with Gasteiger partial charge in [-0.3, -0.25) is 4.79 Å². The van der Waals surface area contributed by atoms with Crippen LogP contribution in [0.3, 0.4) is 0 Å². The predicted molar refractivity (Wildman–Crippen MR) is 96.6 cm³/mol. The molecular formula is C18H24ClN3O2. The molecule has 2 heterocycles. The standard InChI is InChI=1S/C18H23N3O2.ClH/c1-2-17-21-14-10-12(7-8-16(14)23-17)19-18(22)15-9-11-5-3-4-6-13(11)20-15;/h7-8,10-11,13,15,20H,2-6,9H2,1H3,(H,19,22);1H. The molecule has 3 atom stereocenters. The number of halogens is 1. The lowest BCUT2D eigenvalue weighted by Gasteiger charge is -2.24. The molecule has 1 aliphatic carbocycles. The summed E-state index contributed by atoms with van der Waals surface area (Å²) in [4.78, 5) is 17.0. The second kappa shape index (κ2) is 7.11. The molecule has 1 amide bonds. The Kier molecular flexibility index (Phi) is 5.11. The van der Waals surface area contributed by atoms with Gasteiger partial charge in [0.25, 0.3) is 0 Å². The highest BCUT2D eigenvalue weighted by Crippen LogP contribution is 2.33. The van der Waals surface area contributed by atoms with Crippen molar-refractivity contribution in [3.05, 3.63) is 24.1 Å². The van der Waals surface area contributed by atoms with Crippen LogP contribution >= 0.6 is 12.4 Å². The van der Waals surface area contributed by atoms with Crippen molar-refractivity contribution in [1.82, 2.24) is 10.3 Å². The van der Waals surface area contributed by atoms with E-state index in [1.807, 2.05) is 25.1 Å². The molecule has 2 aliphatic rings. The Hall–Kier alpha value is -1.59.